The zero-order valence-electron chi connectivity index (χ0n) is 20.7. The zero-order valence-corrected chi connectivity index (χ0v) is 21.6. The first-order chi connectivity index (χ1) is 17.0. The number of carboxylic acids is 1. The predicted molar refractivity (Wildman–Crippen MR) is 136 cm³/mol. The van der Waals surface area contributed by atoms with E-state index in [0.29, 0.717) is 37.4 Å². The molecule has 0 radical (unpaired) electrons. The van der Waals surface area contributed by atoms with Crippen LogP contribution in [0, 0.1) is 11.8 Å². The van der Waals surface area contributed by atoms with Crippen LogP contribution in [0.3, 0.4) is 0 Å². The Bertz CT molecular complexity index is 1090. The summed E-state index contributed by atoms with van der Waals surface area (Å²) in [7, 11) is -4.11. The van der Waals surface area contributed by atoms with Gasteiger partial charge >= 0.3 is 5.97 Å². The van der Waals surface area contributed by atoms with Crippen LogP contribution in [0.4, 0.5) is 5.69 Å². The van der Waals surface area contributed by atoms with Crippen LogP contribution in [0.15, 0.2) is 28.1 Å². The first kappa shape index (κ1) is 27.7. The number of piperidine rings is 1. The minimum Gasteiger partial charge on any atom is -0.480 e. The molecule has 0 bridgehead atoms. The Balaban J connectivity index is 1.87. The molecular weight excluding hydrogens is 486 g/mol. The number of guanidine groups is 1. The van der Waals surface area contributed by atoms with Crippen molar-refractivity contribution in [1.82, 2.24) is 15.0 Å². The van der Waals surface area contributed by atoms with Gasteiger partial charge in [0.15, 0.2) is 0 Å². The van der Waals surface area contributed by atoms with Crippen LogP contribution >= 0.6 is 0 Å². The van der Waals surface area contributed by atoms with Crippen molar-refractivity contribution in [2.75, 3.05) is 25.0 Å². The Labute approximate surface area is 211 Å². The van der Waals surface area contributed by atoms with Crippen molar-refractivity contribution in [3.8, 4) is 0 Å². The second-order valence-corrected chi connectivity index (χ2v) is 11.4. The second kappa shape index (κ2) is 11.9. The number of likely N-dealkylation sites (tertiary alicyclic amines) is 1. The number of carboxylic acid groups (broad SMARTS) is 1. The van der Waals surface area contributed by atoms with Crippen LogP contribution in [-0.4, -0.2) is 68.0 Å². The van der Waals surface area contributed by atoms with Crippen molar-refractivity contribution in [2.24, 2.45) is 28.4 Å². The second-order valence-electron chi connectivity index (χ2n) is 9.72. The maximum atomic E-state index is 13.6. The van der Waals surface area contributed by atoms with Gasteiger partial charge in [0.25, 0.3) is 0 Å². The van der Waals surface area contributed by atoms with Crippen molar-refractivity contribution in [3.05, 3.63) is 23.8 Å². The maximum absolute atomic E-state index is 13.6. The topological polar surface area (TPSA) is 192 Å². The van der Waals surface area contributed by atoms with Gasteiger partial charge in [-0.2, -0.15) is 4.72 Å². The van der Waals surface area contributed by atoms with Crippen molar-refractivity contribution in [3.63, 3.8) is 0 Å². The highest BCUT2D eigenvalue weighted by Crippen LogP contribution is 2.31. The Kier molecular flexibility index (Phi) is 9.14. The molecule has 1 aromatic carbocycles. The minimum absolute atomic E-state index is 0.0191. The monoisotopic (exact) mass is 523 g/mol. The van der Waals surface area contributed by atoms with Gasteiger partial charge in [0.2, 0.25) is 21.9 Å². The molecule has 0 saturated carbocycles. The van der Waals surface area contributed by atoms with E-state index in [-0.39, 0.29) is 36.3 Å². The summed E-state index contributed by atoms with van der Waals surface area (Å²) in [5.74, 6) is 4.08. The van der Waals surface area contributed by atoms with Gasteiger partial charge in [0.1, 0.15) is 17.0 Å². The van der Waals surface area contributed by atoms with Crippen LogP contribution < -0.4 is 27.0 Å². The maximum Gasteiger partial charge on any atom is 0.326 e. The molecule has 2 heterocycles. The number of nitrogens with two attached hydrogens (primary N) is 2. The molecule has 12 nitrogen and oxygen atoms in total. The molecule has 2 unspecified atom stereocenters. The van der Waals surface area contributed by atoms with E-state index in [4.69, 9.17) is 11.6 Å². The lowest BCUT2D eigenvalue weighted by Crippen LogP contribution is -2.56. The smallest absolute Gasteiger partial charge is 0.326 e. The Morgan fingerprint density at radius 2 is 2.06 bits per heavy atom. The van der Waals surface area contributed by atoms with E-state index in [1.807, 2.05) is 13.0 Å². The average molecular weight is 524 g/mol. The number of aliphatic imine (C=N–C) groups is 1. The summed E-state index contributed by atoms with van der Waals surface area (Å²) in [6, 6.07) is 2.92. The standard InChI is InChI=1S/C23H37N7O5S/c1-14-8-10-30(18(12-14)22(32)33)21(31)17(6-4-9-26-23(24)28-25)29-36(34,35)19-7-3-5-16-11-15(2)13-27-20(16)19/h3,5,7,14-15,17-18,27,29H,4,6,8-13,25H2,1-2H3,(H,32,33)(H3,24,26,28)/t14-,15?,17?,18-/m1/s1. The number of aliphatic carboxylic acids is 1. The van der Waals surface area contributed by atoms with Gasteiger partial charge in [0, 0.05) is 19.6 Å². The molecule has 1 amide bonds. The van der Waals surface area contributed by atoms with E-state index >= 15 is 0 Å². The van der Waals surface area contributed by atoms with Gasteiger partial charge < -0.3 is 21.1 Å². The molecule has 1 saturated heterocycles. The molecule has 8 N–H and O–H groups in total. The fraction of sp³-hybridized carbons (Fsp3) is 0.609. The Hall–Kier alpha value is -2.90. The average Bonchev–Trinajstić information content (AvgIpc) is 2.84. The summed E-state index contributed by atoms with van der Waals surface area (Å²) < 4.78 is 29.6. The molecule has 1 aromatic rings. The number of hydrogen-bond acceptors (Lipinski definition) is 7. The third-order valence-corrected chi connectivity index (χ3v) is 8.22. The number of carbonyl (C=O) groups excluding carboxylic acids is 1. The summed E-state index contributed by atoms with van der Waals surface area (Å²) >= 11 is 0. The highest BCUT2D eigenvalue weighted by molar-refractivity contribution is 7.89. The summed E-state index contributed by atoms with van der Waals surface area (Å²) in [5.41, 5.74) is 9.18. The fourth-order valence-corrected chi connectivity index (χ4v) is 6.21. The largest absolute Gasteiger partial charge is 0.480 e. The SMILES string of the molecule is CC1CNc2c(cccc2S(=O)(=O)NC(CCCN=C(N)NN)C(=O)N2CC[C@@H](C)C[C@@H]2C(=O)O)C1. The van der Waals surface area contributed by atoms with Crippen LogP contribution in [-0.2, 0) is 26.0 Å². The number of anilines is 1. The summed E-state index contributed by atoms with van der Waals surface area (Å²) in [5, 5.41) is 12.9. The van der Waals surface area contributed by atoms with Crippen LogP contribution in [0.1, 0.15) is 45.1 Å². The quantitative estimate of drug-likeness (QED) is 0.0862. The van der Waals surface area contributed by atoms with E-state index in [9.17, 15) is 23.1 Å². The summed E-state index contributed by atoms with van der Waals surface area (Å²) in [6.07, 6.45) is 2.14. The molecule has 200 valence electrons. The Morgan fingerprint density at radius 3 is 2.75 bits per heavy atom. The normalized spacial score (nSPS) is 23.4. The first-order valence-electron chi connectivity index (χ1n) is 12.2. The lowest BCUT2D eigenvalue weighted by Gasteiger charge is -2.38. The van der Waals surface area contributed by atoms with Crippen LogP contribution in [0.2, 0.25) is 0 Å². The number of sulfonamides is 1. The fourth-order valence-electron chi connectivity index (χ4n) is 4.76. The number of nitrogens with one attached hydrogen (secondary N) is 3. The highest BCUT2D eigenvalue weighted by Gasteiger charge is 2.39. The van der Waals surface area contributed by atoms with Crippen molar-refractivity contribution >= 4 is 33.5 Å². The number of rotatable bonds is 9. The van der Waals surface area contributed by atoms with E-state index in [1.54, 1.807) is 6.07 Å². The third-order valence-electron chi connectivity index (χ3n) is 6.71. The van der Waals surface area contributed by atoms with Gasteiger partial charge in [0.05, 0.1) is 5.69 Å². The number of fused-ring (bicyclic) bond motifs is 1. The van der Waals surface area contributed by atoms with Crippen molar-refractivity contribution in [1.29, 1.82) is 0 Å². The molecule has 1 fully saturated rings. The van der Waals surface area contributed by atoms with Crippen LogP contribution in [0.25, 0.3) is 0 Å². The lowest BCUT2D eigenvalue weighted by atomic mass is 9.91. The van der Waals surface area contributed by atoms with E-state index in [2.05, 4.69) is 27.4 Å². The van der Waals surface area contributed by atoms with E-state index in [0.717, 1.165) is 12.0 Å². The van der Waals surface area contributed by atoms with E-state index < -0.39 is 34.0 Å². The molecule has 4 atom stereocenters. The van der Waals surface area contributed by atoms with Crippen LogP contribution in [0.5, 0.6) is 0 Å². The van der Waals surface area contributed by atoms with Gasteiger partial charge in [-0.1, -0.05) is 26.0 Å². The van der Waals surface area contributed by atoms with Gasteiger partial charge in [-0.15, -0.1) is 0 Å². The number of hydrazine groups is 1. The number of para-hydroxylation sites is 1. The van der Waals surface area contributed by atoms with Gasteiger partial charge in [-0.25, -0.2) is 19.1 Å². The lowest BCUT2D eigenvalue weighted by molar-refractivity contribution is -0.153. The number of nitrogens with zero attached hydrogens (tertiary/aromatic N) is 2. The number of amides is 1. The molecule has 36 heavy (non-hydrogen) atoms. The molecule has 2 aliphatic rings. The summed E-state index contributed by atoms with van der Waals surface area (Å²) in [6.45, 7) is 5.12. The van der Waals surface area contributed by atoms with Gasteiger partial charge in [-0.3, -0.25) is 15.2 Å². The third kappa shape index (κ3) is 6.65. The van der Waals surface area contributed by atoms with Crippen molar-refractivity contribution in [2.45, 2.75) is 62.9 Å². The number of carbonyl (C=O) groups is 2. The molecule has 0 spiro atoms. The van der Waals surface area contributed by atoms with E-state index in [1.165, 1.54) is 11.0 Å². The Morgan fingerprint density at radius 1 is 1.31 bits per heavy atom. The molecule has 2 aliphatic heterocycles. The first-order valence-corrected chi connectivity index (χ1v) is 13.7. The molecule has 13 heteroatoms. The summed E-state index contributed by atoms with van der Waals surface area (Å²) in [4.78, 5) is 30.8. The zero-order chi connectivity index (χ0) is 26.5. The molecule has 0 aliphatic carbocycles. The van der Waals surface area contributed by atoms with Gasteiger partial charge in [-0.05, 0) is 55.6 Å². The molecular formula is C23H37N7O5S. The minimum atomic E-state index is -4.11. The van der Waals surface area contributed by atoms with Crippen molar-refractivity contribution < 1.29 is 23.1 Å². The predicted octanol–water partition coefficient (Wildman–Crippen LogP) is 0.208. The molecule has 0 aromatic heterocycles. The highest BCUT2D eigenvalue weighted by atomic mass is 32.2. The molecule has 3 rings (SSSR count). The number of benzene rings is 1. The number of hydrogen-bond donors (Lipinski definition) is 6.